The first-order valence-electron chi connectivity index (χ1n) is 12.0. The zero-order valence-electron chi connectivity index (χ0n) is 20.6. The predicted octanol–water partition coefficient (Wildman–Crippen LogP) is 6.61. The van der Waals surface area contributed by atoms with Crippen molar-refractivity contribution in [3.8, 4) is 11.3 Å². The van der Waals surface area contributed by atoms with Gasteiger partial charge in [0.1, 0.15) is 5.65 Å². The molecular weight excluding hydrogens is 382 g/mol. The predicted molar refractivity (Wildman–Crippen MR) is 133 cm³/mol. The Morgan fingerprint density at radius 1 is 0.968 bits per heavy atom. The number of aryl methyl sites for hydroxylation is 4. The van der Waals surface area contributed by atoms with E-state index in [9.17, 15) is 0 Å². The molecule has 0 saturated heterocycles. The molecule has 3 heterocycles. The Balaban J connectivity index is 0.000000614. The van der Waals surface area contributed by atoms with Crippen LogP contribution in [0, 0.1) is 0 Å². The highest BCUT2D eigenvalue weighted by Gasteiger charge is 2.17. The average molecular weight is 424 g/mol. The second kappa shape index (κ2) is 12.0. The van der Waals surface area contributed by atoms with E-state index in [0.29, 0.717) is 12.5 Å². The minimum absolute atomic E-state index is 0.344. The molecule has 0 unspecified atom stereocenters. The molecule has 31 heavy (non-hydrogen) atoms. The van der Waals surface area contributed by atoms with Crippen molar-refractivity contribution in [2.45, 2.75) is 86.0 Å². The third-order valence-corrected chi connectivity index (χ3v) is 5.70. The number of fused-ring (bicyclic) bond motifs is 1. The van der Waals surface area contributed by atoms with Crippen LogP contribution in [-0.4, -0.2) is 26.2 Å². The molecule has 3 aromatic heterocycles. The summed E-state index contributed by atoms with van der Waals surface area (Å²) in [6, 6.07) is 6.75. The van der Waals surface area contributed by atoms with Gasteiger partial charge >= 0.3 is 0 Å². The van der Waals surface area contributed by atoms with Crippen molar-refractivity contribution in [1.29, 1.82) is 0 Å². The fourth-order valence-corrected chi connectivity index (χ4v) is 3.87. The standard InChI is InChI=1S/C23H31N3.C4H10O/c1-7-10-17-14-26(6)23-19(17)13-16(8-2)22(25-23)18-11-12-21(15(4)5)24-20(18)9-3;1-2-3-4-5/h11-15H,7-10H2,1-6H3;5H,2-4H2,1H3. The van der Waals surface area contributed by atoms with Crippen molar-refractivity contribution in [3.63, 3.8) is 0 Å². The Morgan fingerprint density at radius 3 is 2.23 bits per heavy atom. The fourth-order valence-electron chi connectivity index (χ4n) is 3.87. The highest BCUT2D eigenvalue weighted by molar-refractivity contribution is 5.85. The Bertz CT molecular complexity index is 970. The number of aromatic nitrogens is 3. The first kappa shape index (κ1) is 25.1. The third-order valence-electron chi connectivity index (χ3n) is 5.70. The number of hydrogen-bond acceptors (Lipinski definition) is 3. The SMILES string of the molecule is CCCCO.CCCc1cn(C)c2nc(-c3ccc(C(C)C)nc3CC)c(CC)cc12. The van der Waals surface area contributed by atoms with Crippen LogP contribution in [0.25, 0.3) is 22.3 Å². The molecular formula is C27H41N3O. The molecule has 3 aromatic rings. The van der Waals surface area contributed by atoms with E-state index in [1.165, 1.54) is 22.1 Å². The summed E-state index contributed by atoms with van der Waals surface area (Å²) in [6.45, 7) is 13.4. The van der Waals surface area contributed by atoms with Crippen LogP contribution in [0.1, 0.15) is 89.2 Å². The highest BCUT2D eigenvalue weighted by atomic mass is 16.2. The minimum Gasteiger partial charge on any atom is -0.396 e. The number of rotatable bonds is 8. The first-order chi connectivity index (χ1) is 14.9. The van der Waals surface area contributed by atoms with Crippen LogP contribution in [0.5, 0.6) is 0 Å². The molecule has 0 aliphatic heterocycles. The number of nitrogens with zero attached hydrogens (tertiary/aromatic N) is 3. The summed E-state index contributed by atoms with van der Waals surface area (Å²) in [5.74, 6) is 0.444. The van der Waals surface area contributed by atoms with E-state index < -0.39 is 0 Å². The van der Waals surface area contributed by atoms with Crippen molar-refractivity contribution in [2.75, 3.05) is 6.61 Å². The summed E-state index contributed by atoms with van der Waals surface area (Å²) in [4.78, 5) is 10.1. The molecule has 0 atom stereocenters. The topological polar surface area (TPSA) is 50.9 Å². The molecule has 0 fully saturated rings. The van der Waals surface area contributed by atoms with Gasteiger partial charge in [-0.2, -0.15) is 0 Å². The fraction of sp³-hybridized carbons (Fsp3) is 0.556. The maximum absolute atomic E-state index is 8.07. The lowest BCUT2D eigenvalue weighted by Crippen LogP contribution is -2.03. The van der Waals surface area contributed by atoms with Crippen molar-refractivity contribution in [1.82, 2.24) is 14.5 Å². The molecule has 0 amide bonds. The number of pyridine rings is 2. The Hall–Kier alpha value is -2.20. The van der Waals surface area contributed by atoms with Crippen LogP contribution in [0.2, 0.25) is 0 Å². The normalized spacial score (nSPS) is 11.1. The van der Waals surface area contributed by atoms with Gasteiger partial charge in [0.2, 0.25) is 0 Å². The molecule has 4 nitrogen and oxygen atoms in total. The molecule has 170 valence electrons. The van der Waals surface area contributed by atoms with Gasteiger partial charge in [-0.05, 0) is 60.9 Å². The second-order valence-electron chi connectivity index (χ2n) is 8.55. The highest BCUT2D eigenvalue weighted by Crippen LogP contribution is 2.31. The molecule has 3 rings (SSSR count). The summed E-state index contributed by atoms with van der Waals surface area (Å²) in [5, 5.41) is 9.37. The number of aliphatic hydroxyl groups is 1. The van der Waals surface area contributed by atoms with E-state index in [1.807, 2.05) is 0 Å². The lowest BCUT2D eigenvalue weighted by Gasteiger charge is -2.14. The van der Waals surface area contributed by atoms with Gasteiger partial charge in [0.25, 0.3) is 0 Å². The molecule has 0 saturated carbocycles. The molecule has 0 spiro atoms. The van der Waals surface area contributed by atoms with Crippen LogP contribution in [0.3, 0.4) is 0 Å². The molecule has 0 aliphatic rings. The van der Waals surface area contributed by atoms with E-state index in [1.54, 1.807) is 0 Å². The van der Waals surface area contributed by atoms with E-state index in [0.717, 1.165) is 61.3 Å². The van der Waals surface area contributed by atoms with E-state index in [4.69, 9.17) is 15.1 Å². The van der Waals surface area contributed by atoms with Gasteiger partial charge < -0.3 is 9.67 Å². The maximum Gasteiger partial charge on any atom is 0.140 e. The minimum atomic E-state index is 0.344. The second-order valence-corrected chi connectivity index (χ2v) is 8.55. The maximum atomic E-state index is 8.07. The van der Waals surface area contributed by atoms with Crippen molar-refractivity contribution in [3.05, 3.63) is 46.9 Å². The monoisotopic (exact) mass is 423 g/mol. The molecule has 4 heteroatoms. The average Bonchev–Trinajstić information content (AvgIpc) is 3.08. The summed E-state index contributed by atoms with van der Waals surface area (Å²) < 4.78 is 2.17. The van der Waals surface area contributed by atoms with E-state index >= 15 is 0 Å². The van der Waals surface area contributed by atoms with Crippen LogP contribution < -0.4 is 0 Å². The number of unbranched alkanes of at least 4 members (excludes halogenated alkanes) is 1. The number of aliphatic hydroxyl groups excluding tert-OH is 1. The summed E-state index contributed by atoms with van der Waals surface area (Å²) >= 11 is 0. The Kier molecular flexibility index (Phi) is 9.70. The van der Waals surface area contributed by atoms with Gasteiger partial charge in [0.05, 0.1) is 5.69 Å². The Morgan fingerprint density at radius 2 is 1.71 bits per heavy atom. The lowest BCUT2D eigenvalue weighted by atomic mass is 9.98. The van der Waals surface area contributed by atoms with Gasteiger partial charge in [-0.25, -0.2) is 4.98 Å². The van der Waals surface area contributed by atoms with E-state index in [-0.39, 0.29) is 0 Å². The van der Waals surface area contributed by atoms with Gasteiger partial charge in [-0.15, -0.1) is 0 Å². The smallest absolute Gasteiger partial charge is 0.140 e. The van der Waals surface area contributed by atoms with Crippen molar-refractivity contribution < 1.29 is 5.11 Å². The van der Waals surface area contributed by atoms with Crippen molar-refractivity contribution >= 4 is 11.0 Å². The van der Waals surface area contributed by atoms with E-state index in [2.05, 4.69) is 77.6 Å². The zero-order valence-corrected chi connectivity index (χ0v) is 20.6. The van der Waals surface area contributed by atoms with Gasteiger partial charge in [-0.1, -0.05) is 54.4 Å². The Labute approximate surface area is 188 Å². The van der Waals surface area contributed by atoms with Crippen LogP contribution in [-0.2, 0) is 26.3 Å². The number of hydrogen-bond donors (Lipinski definition) is 1. The molecule has 0 aromatic carbocycles. The summed E-state index contributed by atoms with van der Waals surface area (Å²) in [7, 11) is 2.10. The molecule has 0 bridgehead atoms. The van der Waals surface area contributed by atoms with Crippen LogP contribution >= 0.6 is 0 Å². The van der Waals surface area contributed by atoms with Crippen molar-refractivity contribution in [2.24, 2.45) is 7.05 Å². The van der Waals surface area contributed by atoms with Gasteiger partial charge in [0.15, 0.2) is 0 Å². The summed E-state index contributed by atoms with van der Waals surface area (Å²) in [5.41, 5.74) is 8.40. The zero-order chi connectivity index (χ0) is 23.0. The van der Waals surface area contributed by atoms with Crippen LogP contribution in [0.4, 0.5) is 0 Å². The summed E-state index contributed by atoms with van der Waals surface area (Å²) in [6.07, 6.45) is 8.44. The molecule has 0 aliphatic carbocycles. The van der Waals surface area contributed by atoms with Crippen LogP contribution in [0.15, 0.2) is 24.4 Å². The third kappa shape index (κ3) is 5.94. The van der Waals surface area contributed by atoms with Gasteiger partial charge in [-0.3, -0.25) is 4.98 Å². The molecule has 1 N–H and O–H groups in total. The quantitative estimate of drug-likeness (QED) is 0.443. The van der Waals surface area contributed by atoms with Gasteiger partial charge in [0, 0.05) is 42.2 Å². The molecule has 0 radical (unpaired) electrons. The first-order valence-corrected chi connectivity index (χ1v) is 12.0. The largest absolute Gasteiger partial charge is 0.396 e. The lowest BCUT2D eigenvalue weighted by molar-refractivity contribution is 0.287.